The second-order valence-electron chi connectivity index (χ2n) is 8.40. The molecule has 14 heteroatoms. The Bertz CT molecular complexity index is 1180. The molecule has 2 saturated heterocycles. The predicted octanol–water partition coefficient (Wildman–Crippen LogP) is 1.07. The zero-order chi connectivity index (χ0) is 25.3. The molecule has 1 aromatic heterocycles. The largest absolute Gasteiger partial charge is 0.481 e. The molecule has 5 N–H and O–H groups in total. The van der Waals surface area contributed by atoms with E-state index in [4.69, 9.17) is 5.73 Å². The maximum atomic E-state index is 12.8. The lowest BCUT2D eigenvalue weighted by Crippen LogP contribution is -2.74. The van der Waals surface area contributed by atoms with Gasteiger partial charge in [-0.3, -0.25) is 19.2 Å². The van der Waals surface area contributed by atoms with Crippen LogP contribution in [0.5, 0.6) is 0 Å². The molecule has 3 amide bonds. The molecule has 0 saturated carbocycles. The Morgan fingerprint density at radius 1 is 1.37 bits per heavy atom. The summed E-state index contributed by atoms with van der Waals surface area (Å²) in [6, 6.07) is 4.81. The Morgan fingerprint density at radius 2 is 2.14 bits per heavy atom. The summed E-state index contributed by atoms with van der Waals surface area (Å²) in [5.41, 5.74) is 5.98. The summed E-state index contributed by atoms with van der Waals surface area (Å²) in [7, 11) is 0. The lowest BCUT2D eigenvalue weighted by atomic mass is 9.89. The van der Waals surface area contributed by atoms with Crippen molar-refractivity contribution in [2.24, 2.45) is 11.1 Å². The third-order valence-electron chi connectivity index (χ3n) is 5.72. The number of anilines is 1. The lowest BCUT2D eigenvalue weighted by Gasteiger charge is -2.53. The molecule has 2 aliphatic rings. The van der Waals surface area contributed by atoms with Crippen molar-refractivity contribution in [2.75, 3.05) is 23.4 Å². The molecule has 2 fully saturated rings. The van der Waals surface area contributed by atoms with Crippen molar-refractivity contribution < 1.29 is 24.3 Å². The zero-order valence-electron chi connectivity index (χ0n) is 18.9. The number of aliphatic carboxylic acids is 1. The van der Waals surface area contributed by atoms with Crippen LogP contribution < -0.4 is 16.4 Å². The number of fused-ring (bicyclic) bond motifs is 1. The van der Waals surface area contributed by atoms with E-state index in [0.717, 1.165) is 5.01 Å². The van der Waals surface area contributed by atoms with Crippen LogP contribution in [0.25, 0.3) is 0 Å². The van der Waals surface area contributed by atoms with Crippen molar-refractivity contribution in [1.29, 1.82) is 0 Å². The van der Waals surface area contributed by atoms with Gasteiger partial charge in [-0.05, 0) is 24.6 Å². The molecule has 2 aliphatic heterocycles. The van der Waals surface area contributed by atoms with E-state index < -0.39 is 29.4 Å². The fourth-order valence-electron chi connectivity index (χ4n) is 3.85. The second kappa shape index (κ2) is 10.1. The fraction of sp³-hybridized carbons (Fsp3) is 0.429. The quantitative estimate of drug-likeness (QED) is 0.283. The van der Waals surface area contributed by atoms with Crippen LogP contribution in [0.15, 0.2) is 28.6 Å². The number of rotatable bonds is 8. The van der Waals surface area contributed by atoms with Crippen molar-refractivity contribution in [3.63, 3.8) is 0 Å². The van der Waals surface area contributed by atoms with E-state index in [9.17, 15) is 24.3 Å². The average Bonchev–Trinajstić information content (AvgIpc) is 3.25. The van der Waals surface area contributed by atoms with E-state index in [1.165, 1.54) is 46.7 Å². The minimum absolute atomic E-state index is 0.0564. The van der Waals surface area contributed by atoms with Crippen LogP contribution >= 0.6 is 34.9 Å². The molecule has 35 heavy (non-hydrogen) atoms. The number of hydrogen-bond donors (Lipinski definition) is 4. The van der Waals surface area contributed by atoms with Gasteiger partial charge in [0, 0.05) is 30.7 Å². The SMILES string of the molecule is CC(=O)Nc1cccc(C(N)C(=O)NC2C(=O)N3CC(CSc4nnc(C)s4)(C(=O)O)CS[C@H]23)c1. The van der Waals surface area contributed by atoms with E-state index in [-0.39, 0.29) is 29.5 Å². The summed E-state index contributed by atoms with van der Waals surface area (Å²) in [5, 5.41) is 23.7. The van der Waals surface area contributed by atoms with E-state index in [1.807, 2.05) is 6.92 Å². The average molecular weight is 537 g/mol. The maximum absolute atomic E-state index is 12.8. The molecule has 2 aromatic rings. The number of carboxylic acids is 1. The normalized spacial score (nSPS) is 24.2. The smallest absolute Gasteiger partial charge is 0.313 e. The van der Waals surface area contributed by atoms with Crippen molar-refractivity contribution in [2.45, 2.75) is 35.6 Å². The summed E-state index contributed by atoms with van der Waals surface area (Å²) >= 11 is 4.05. The fourth-order valence-corrected chi connectivity index (χ4v) is 7.53. The molecular weight excluding hydrogens is 512 g/mol. The lowest BCUT2D eigenvalue weighted by molar-refractivity contribution is -0.157. The first-order chi connectivity index (χ1) is 16.6. The van der Waals surface area contributed by atoms with Gasteiger partial charge in [-0.1, -0.05) is 35.2 Å². The molecule has 3 heterocycles. The first-order valence-corrected chi connectivity index (χ1v) is 13.5. The Balaban J connectivity index is 1.38. The van der Waals surface area contributed by atoms with Gasteiger partial charge in [0.1, 0.15) is 27.9 Å². The minimum atomic E-state index is -1.13. The number of nitrogens with one attached hydrogen (secondary N) is 2. The van der Waals surface area contributed by atoms with Crippen LogP contribution in [0, 0.1) is 12.3 Å². The van der Waals surface area contributed by atoms with Crippen molar-refractivity contribution >= 4 is 64.2 Å². The number of thioether (sulfide) groups is 2. The first-order valence-electron chi connectivity index (χ1n) is 10.6. The van der Waals surface area contributed by atoms with Gasteiger partial charge < -0.3 is 26.4 Å². The third-order valence-corrected chi connectivity index (χ3v) is 9.57. The van der Waals surface area contributed by atoms with E-state index >= 15 is 0 Å². The molecule has 4 atom stereocenters. The second-order valence-corrected chi connectivity index (χ2v) is 11.9. The number of aryl methyl sites for hydroxylation is 1. The van der Waals surface area contributed by atoms with Crippen molar-refractivity contribution in [3.05, 3.63) is 34.8 Å². The number of carboxylic acid groups (broad SMARTS) is 1. The van der Waals surface area contributed by atoms with Crippen LogP contribution in [0.3, 0.4) is 0 Å². The Labute approximate surface area is 213 Å². The topological polar surface area (TPSA) is 168 Å². The Hall–Kier alpha value is -2.68. The van der Waals surface area contributed by atoms with Crippen LogP contribution in [0.2, 0.25) is 0 Å². The highest BCUT2D eigenvalue weighted by Gasteiger charge is 2.57. The van der Waals surface area contributed by atoms with Gasteiger partial charge >= 0.3 is 5.97 Å². The minimum Gasteiger partial charge on any atom is -0.481 e. The van der Waals surface area contributed by atoms with E-state index in [2.05, 4.69) is 20.8 Å². The van der Waals surface area contributed by atoms with E-state index in [0.29, 0.717) is 21.3 Å². The molecule has 0 radical (unpaired) electrons. The number of nitrogens with two attached hydrogens (primary N) is 1. The highest BCUT2D eigenvalue weighted by Crippen LogP contribution is 2.44. The molecule has 0 bridgehead atoms. The number of aromatic nitrogens is 2. The summed E-state index contributed by atoms with van der Waals surface area (Å²) in [5.74, 6) is -1.54. The van der Waals surface area contributed by atoms with Gasteiger partial charge in [0.15, 0.2) is 4.34 Å². The summed E-state index contributed by atoms with van der Waals surface area (Å²) in [4.78, 5) is 50.6. The number of hydrogen-bond acceptors (Lipinski definition) is 10. The molecule has 0 aliphatic carbocycles. The maximum Gasteiger partial charge on any atom is 0.313 e. The Morgan fingerprint density at radius 3 is 2.80 bits per heavy atom. The zero-order valence-corrected chi connectivity index (χ0v) is 21.3. The highest BCUT2D eigenvalue weighted by molar-refractivity contribution is 8.01. The molecule has 11 nitrogen and oxygen atoms in total. The van der Waals surface area contributed by atoms with Crippen molar-refractivity contribution in [3.8, 4) is 0 Å². The van der Waals surface area contributed by atoms with Crippen LogP contribution in [0.1, 0.15) is 23.5 Å². The summed E-state index contributed by atoms with van der Waals surface area (Å²) in [6.07, 6.45) is 0. The predicted molar refractivity (Wildman–Crippen MR) is 133 cm³/mol. The summed E-state index contributed by atoms with van der Waals surface area (Å²) in [6.45, 7) is 3.26. The molecule has 186 valence electrons. The van der Waals surface area contributed by atoms with Gasteiger partial charge in [0.25, 0.3) is 0 Å². The van der Waals surface area contributed by atoms with Crippen LogP contribution in [-0.4, -0.2) is 73.4 Å². The highest BCUT2D eigenvalue weighted by atomic mass is 32.2. The monoisotopic (exact) mass is 536 g/mol. The number of carbonyl (C=O) groups is 4. The van der Waals surface area contributed by atoms with E-state index in [1.54, 1.807) is 24.3 Å². The summed E-state index contributed by atoms with van der Waals surface area (Å²) < 4.78 is 0.687. The third kappa shape index (κ3) is 5.29. The van der Waals surface area contributed by atoms with Crippen LogP contribution in [-0.2, 0) is 19.2 Å². The van der Waals surface area contributed by atoms with Gasteiger partial charge in [-0.15, -0.1) is 22.0 Å². The Kier molecular flexibility index (Phi) is 7.35. The first kappa shape index (κ1) is 25.4. The van der Waals surface area contributed by atoms with Crippen molar-refractivity contribution in [1.82, 2.24) is 20.4 Å². The number of nitrogens with zero attached hydrogens (tertiary/aromatic N) is 3. The molecule has 4 rings (SSSR count). The molecule has 0 spiro atoms. The van der Waals surface area contributed by atoms with Gasteiger partial charge in [-0.25, -0.2) is 0 Å². The molecule has 3 unspecified atom stereocenters. The van der Waals surface area contributed by atoms with Crippen LogP contribution in [0.4, 0.5) is 5.69 Å². The van der Waals surface area contributed by atoms with Gasteiger partial charge in [-0.2, -0.15) is 0 Å². The number of amides is 3. The van der Waals surface area contributed by atoms with Gasteiger partial charge in [0.2, 0.25) is 17.7 Å². The van der Waals surface area contributed by atoms with Gasteiger partial charge in [0.05, 0.1) is 0 Å². The standard InChI is InChI=1S/C21H24N6O5S3/c1-10(28)23-13-5-3-4-12(6-13)14(22)16(29)24-15-17(30)27-7-21(19(31)32,8-33-18(15)27)9-34-20-26-25-11(2)35-20/h3-6,14-15,18H,7-9,22H2,1-2H3,(H,23,28)(H,24,29)(H,31,32)/t14?,15?,18-,21?/m1/s1. The number of β-lactam (4-membered cyclic amide) rings is 1. The number of benzene rings is 1. The molecular formula is C21H24N6O5S3. The molecule has 1 aromatic carbocycles. The number of carbonyl (C=O) groups excluding carboxylic acids is 3.